The second kappa shape index (κ2) is 11.0. The highest BCUT2D eigenvalue weighted by Gasteiger charge is 2.17. The maximum absolute atomic E-state index is 12.4. The first-order valence-electron chi connectivity index (χ1n) is 10.7. The van der Waals surface area contributed by atoms with Gasteiger partial charge in [0, 0.05) is 19.6 Å². The largest absolute Gasteiger partial charge is 0.370 e. The molecule has 1 aromatic carbocycles. The van der Waals surface area contributed by atoms with Crippen molar-refractivity contribution in [2.24, 2.45) is 0 Å². The fourth-order valence-electron chi connectivity index (χ4n) is 3.40. The van der Waals surface area contributed by atoms with Crippen molar-refractivity contribution in [3.05, 3.63) is 71.1 Å². The predicted octanol–water partition coefficient (Wildman–Crippen LogP) is 5.04. The average molecular weight is 438 g/mol. The highest BCUT2D eigenvalue weighted by atomic mass is 32.1. The van der Waals surface area contributed by atoms with E-state index >= 15 is 0 Å². The van der Waals surface area contributed by atoms with E-state index in [0.717, 1.165) is 55.0 Å². The molecule has 31 heavy (non-hydrogen) atoms. The van der Waals surface area contributed by atoms with Gasteiger partial charge in [0.2, 0.25) is 0 Å². The molecular formula is C24H27N3O3S. The lowest BCUT2D eigenvalue weighted by Crippen LogP contribution is -2.32. The molecule has 1 fully saturated rings. The van der Waals surface area contributed by atoms with Crippen molar-refractivity contribution >= 4 is 23.1 Å². The number of carbonyl (C=O) groups is 1. The minimum Gasteiger partial charge on any atom is -0.370 e. The Balaban J connectivity index is 1.28. The Kier molecular flexibility index (Phi) is 7.65. The summed E-state index contributed by atoms with van der Waals surface area (Å²) in [5.41, 5.74) is 4.69. The van der Waals surface area contributed by atoms with Crippen LogP contribution in [0.5, 0.6) is 0 Å². The molecule has 0 aliphatic carbocycles. The van der Waals surface area contributed by atoms with Crippen LogP contribution in [0.25, 0.3) is 10.6 Å². The van der Waals surface area contributed by atoms with Crippen LogP contribution in [-0.4, -0.2) is 30.3 Å². The van der Waals surface area contributed by atoms with Gasteiger partial charge in [-0.05, 0) is 55.5 Å². The van der Waals surface area contributed by atoms with Crippen molar-refractivity contribution in [1.82, 2.24) is 10.5 Å². The molecular weight excluding hydrogens is 410 g/mol. The molecule has 1 atom stereocenters. The summed E-state index contributed by atoms with van der Waals surface area (Å²) < 4.78 is 5.47. The molecule has 1 aliphatic heterocycles. The zero-order valence-corrected chi connectivity index (χ0v) is 18.2. The van der Waals surface area contributed by atoms with Gasteiger partial charge in [0.05, 0.1) is 15.4 Å². The second-order valence-corrected chi connectivity index (χ2v) is 8.52. The molecule has 1 unspecified atom stereocenters. The summed E-state index contributed by atoms with van der Waals surface area (Å²) in [4.78, 5) is 24.0. The molecule has 0 spiro atoms. The second-order valence-electron chi connectivity index (χ2n) is 7.43. The van der Waals surface area contributed by atoms with Gasteiger partial charge in [-0.2, -0.15) is 0 Å². The molecule has 3 aromatic rings. The zero-order valence-electron chi connectivity index (χ0n) is 17.4. The third-order valence-electron chi connectivity index (χ3n) is 5.04. The van der Waals surface area contributed by atoms with Crippen molar-refractivity contribution in [3.8, 4) is 10.6 Å². The Bertz CT molecular complexity index is 971. The van der Waals surface area contributed by atoms with Crippen LogP contribution >= 0.6 is 11.3 Å². The number of nitrogens with zero attached hydrogens (tertiary/aromatic N) is 1. The molecule has 1 amide bonds. The van der Waals surface area contributed by atoms with Crippen molar-refractivity contribution in [3.63, 3.8) is 0 Å². The van der Waals surface area contributed by atoms with Crippen LogP contribution in [0.2, 0.25) is 0 Å². The van der Waals surface area contributed by atoms with Crippen LogP contribution in [-0.2, 0) is 16.0 Å². The highest BCUT2D eigenvalue weighted by Crippen LogP contribution is 2.27. The molecule has 0 radical (unpaired) electrons. The molecule has 162 valence electrons. The van der Waals surface area contributed by atoms with Crippen LogP contribution < -0.4 is 10.8 Å². The van der Waals surface area contributed by atoms with Crippen LogP contribution in [0.4, 0.5) is 5.82 Å². The Morgan fingerprint density at radius 3 is 2.84 bits per heavy atom. The van der Waals surface area contributed by atoms with Gasteiger partial charge in [-0.15, -0.1) is 11.3 Å². The minimum absolute atomic E-state index is 0.263. The van der Waals surface area contributed by atoms with Gasteiger partial charge in [0.15, 0.2) is 6.29 Å². The van der Waals surface area contributed by atoms with Gasteiger partial charge in [-0.1, -0.05) is 36.4 Å². The smallest absolute Gasteiger partial charge is 0.285 e. The van der Waals surface area contributed by atoms with Crippen molar-refractivity contribution in [2.75, 3.05) is 18.5 Å². The standard InChI is InChI=1S/C24H27N3O3S/c28-24(27-30-23-13-4-5-17-29-23)21-15-14-20(31-21)19-11-6-12-22(26-19)25-16-7-10-18-8-2-1-3-9-18/h1-3,6,8-9,11-12,14-15,23H,4-5,7,10,13,16-17H2,(H,25,26)(H,27,28). The fourth-order valence-corrected chi connectivity index (χ4v) is 4.26. The number of anilines is 1. The predicted molar refractivity (Wildman–Crippen MR) is 123 cm³/mol. The number of carbonyl (C=O) groups excluding carboxylic acids is 1. The minimum atomic E-state index is -0.358. The lowest BCUT2D eigenvalue weighted by atomic mass is 10.1. The van der Waals surface area contributed by atoms with Gasteiger partial charge in [0.1, 0.15) is 5.82 Å². The van der Waals surface area contributed by atoms with Gasteiger partial charge < -0.3 is 10.1 Å². The Labute approximate surface area is 186 Å². The SMILES string of the molecule is O=C(NOC1CCCCO1)c1ccc(-c2cccc(NCCCc3ccccc3)n2)s1. The van der Waals surface area contributed by atoms with Crippen molar-refractivity contribution < 1.29 is 14.4 Å². The zero-order chi connectivity index (χ0) is 21.3. The normalized spacial score (nSPS) is 16.1. The van der Waals surface area contributed by atoms with Gasteiger partial charge >= 0.3 is 0 Å². The number of amides is 1. The summed E-state index contributed by atoms with van der Waals surface area (Å²) in [7, 11) is 0. The number of aromatic nitrogens is 1. The summed E-state index contributed by atoms with van der Waals surface area (Å²) in [6.07, 6.45) is 4.59. The first-order chi connectivity index (χ1) is 15.3. The van der Waals surface area contributed by atoms with Crippen LogP contribution in [0, 0.1) is 0 Å². The highest BCUT2D eigenvalue weighted by molar-refractivity contribution is 7.17. The molecule has 1 aliphatic rings. The van der Waals surface area contributed by atoms with E-state index < -0.39 is 0 Å². The third kappa shape index (κ3) is 6.37. The number of pyridine rings is 1. The van der Waals surface area contributed by atoms with Crippen LogP contribution in [0.15, 0.2) is 60.7 Å². The first kappa shape index (κ1) is 21.5. The third-order valence-corrected chi connectivity index (χ3v) is 6.15. The lowest BCUT2D eigenvalue weighted by molar-refractivity contribution is -0.186. The number of benzene rings is 1. The molecule has 6 nitrogen and oxygen atoms in total. The quantitative estimate of drug-likeness (QED) is 0.362. The van der Waals surface area contributed by atoms with Crippen LogP contribution in [0.1, 0.15) is 40.9 Å². The molecule has 7 heteroatoms. The molecule has 4 rings (SSSR count). The van der Waals surface area contributed by atoms with E-state index in [1.165, 1.54) is 16.9 Å². The van der Waals surface area contributed by atoms with Crippen LogP contribution in [0.3, 0.4) is 0 Å². The number of thiophene rings is 1. The topological polar surface area (TPSA) is 72.5 Å². The summed E-state index contributed by atoms with van der Waals surface area (Å²) in [5.74, 6) is 0.573. The van der Waals surface area contributed by atoms with E-state index in [1.807, 2.05) is 30.3 Å². The molecule has 2 N–H and O–H groups in total. The number of hydrogen-bond acceptors (Lipinski definition) is 6. The van der Waals surface area contributed by atoms with Crippen molar-refractivity contribution in [2.45, 2.75) is 38.4 Å². The number of nitrogens with one attached hydrogen (secondary N) is 2. The summed E-state index contributed by atoms with van der Waals surface area (Å²) in [5, 5.41) is 3.39. The van der Waals surface area contributed by atoms with E-state index in [-0.39, 0.29) is 12.2 Å². The maximum atomic E-state index is 12.4. The van der Waals surface area contributed by atoms with E-state index in [9.17, 15) is 4.79 Å². The lowest BCUT2D eigenvalue weighted by Gasteiger charge is -2.21. The van der Waals surface area contributed by atoms with Gasteiger partial charge in [-0.25, -0.2) is 15.3 Å². The Hall–Kier alpha value is -2.74. The van der Waals surface area contributed by atoms with E-state index in [4.69, 9.17) is 14.6 Å². The Morgan fingerprint density at radius 1 is 1.10 bits per heavy atom. The van der Waals surface area contributed by atoms with E-state index in [0.29, 0.717) is 11.5 Å². The molecule has 3 heterocycles. The Morgan fingerprint density at radius 2 is 2.00 bits per heavy atom. The number of hydrogen-bond donors (Lipinski definition) is 2. The summed E-state index contributed by atoms with van der Waals surface area (Å²) in [6, 6.07) is 20.1. The number of hydroxylamine groups is 1. The monoisotopic (exact) mass is 437 g/mol. The summed E-state index contributed by atoms with van der Waals surface area (Å²) in [6.45, 7) is 1.52. The van der Waals surface area contributed by atoms with Gasteiger partial charge in [0.25, 0.3) is 5.91 Å². The van der Waals surface area contributed by atoms with Gasteiger partial charge in [-0.3, -0.25) is 4.79 Å². The number of aryl methyl sites for hydroxylation is 1. The first-order valence-corrected chi connectivity index (χ1v) is 11.5. The average Bonchev–Trinajstić information content (AvgIpc) is 3.33. The summed E-state index contributed by atoms with van der Waals surface area (Å²) >= 11 is 1.39. The number of rotatable bonds is 9. The molecule has 0 saturated carbocycles. The fraction of sp³-hybridized carbons (Fsp3) is 0.333. The molecule has 2 aromatic heterocycles. The van der Waals surface area contributed by atoms with Crippen molar-refractivity contribution in [1.29, 1.82) is 0 Å². The molecule has 0 bridgehead atoms. The number of ether oxygens (including phenoxy) is 1. The van der Waals surface area contributed by atoms with E-state index in [1.54, 1.807) is 6.07 Å². The molecule has 1 saturated heterocycles. The van der Waals surface area contributed by atoms with E-state index in [2.05, 4.69) is 35.1 Å². The maximum Gasteiger partial charge on any atom is 0.285 e.